The van der Waals surface area contributed by atoms with E-state index in [-0.39, 0.29) is 5.97 Å². The van der Waals surface area contributed by atoms with Gasteiger partial charge in [0.25, 0.3) is 0 Å². The number of esters is 1. The summed E-state index contributed by atoms with van der Waals surface area (Å²) in [6, 6.07) is 5.39. The minimum absolute atomic E-state index is 0.300. The van der Waals surface area contributed by atoms with Crippen LogP contribution in [0.1, 0.15) is 13.8 Å². The van der Waals surface area contributed by atoms with Crippen molar-refractivity contribution in [3.8, 4) is 5.88 Å². The quantitative estimate of drug-likeness (QED) is 0.438. The number of hydrogen-bond donors (Lipinski definition) is 0. The Morgan fingerprint density at radius 2 is 2.22 bits per heavy atom. The Balaban J connectivity index is 2.20. The second-order valence-electron chi connectivity index (χ2n) is 3.41. The average molecular weight is 318 g/mol. The molecule has 1 unspecified atom stereocenters. The maximum Gasteiger partial charge on any atom is 0.334 e. The third kappa shape index (κ3) is 5.46. The minimum Gasteiger partial charge on any atom is -0.475 e. The molecule has 0 spiro atoms. The van der Waals surface area contributed by atoms with Crippen LogP contribution < -0.4 is 4.74 Å². The molecule has 18 heavy (non-hydrogen) atoms. The SMILES string of the molecule is CCOC(=O)C(C)OCCOc1cccc(Br)n1. The van der Waals surface area contributed by atoms with Crippen LogP contribution in [0.5, 0.6) is 5.88 Å². The topological polar surface area (TPSA) is 57.7 Å². The third-order valence-corrected chi connectivity index (χ3v) is 2.45. The van der Waals surface area contributed by atoms with Crippen molar-refractivity contribution in [2.75, 3.05) is 19.8 Å². The van der Waals surface area contributed by atoms with E-state index in [2.05, 4.69) is 20.9 Å². The summed E-state index contributed by atoms with van der Waals surface area (Å²) >= 11 is 3.25. The van der Waals surface area contributed by atoms with Crippen molar-refractivity contribution in [1.82, 2.24) is 4.98 Å². The molecule has 6 heteroatoms. The Morgan fingerprint density at radius 3 is 2.89 bits per heavy atom. The van der Waals surface area contributed by atoms with Crippen LogP contribution >= 0.6 is 15.9 Å². The van der Waals surface area contributed by atoms with Crippen molar-refractivity contribution in [1.29, 1.82) is 0 Å². The van der Waals surface area contributed by atoms with Crippen LogP contribution in [0, 0.1) is 0 Å². The van der Waals surface area contributed by atoms with Gasteiger partial charge in [0, 0.05) is 6.07 Å². The summed E-state index contributed by atoms with van der Waals surface area (Å²) in [5.74, 6) is 0.148. The normalized spacial score (nSPS) is 11.9. The first kappa shape index (κ1) is 14.9. The van der Waals surface area contributed by atoms with Gasteiger partial charge in [-0.3, -0.25) is 0 Å². The molecular weight excluding hydrogens is 302 g/mol. The van der Waals surface area contributed by atoms with Crippen LogP contribution in [0.25, 0.3) is 0 Å². The van der Waals surface area contributed by atoms with Crippen LogP contribution in [-0.4, -0.2) is 36.9 Å². The number of nitrogens with zero attached hydrogens (tertiary/aromatic N) is 1. The largest absolute Gasteiger partial charge is 0.475 e. The van der Waals surface area contributed by atoms with Crippen LogP contribution in [-0.2, 0) is 14.3 Å². The smallest absolute Gasteiger partial charge is 0.334 e. The van der Waals surface area contributed by atoms with E-state index in [1.165, 1.54) is 0 Å². The second-order valence-corrected chi connectivity index (χ2v) is 4.22. The van der Waals surface area contributed by atoms with Gasteiger partial charge in [-0.1, -0.05) is 6.07 Å². The molecule has 1 aromatic heterocycles. The van der Waals surface area contributed by atoms with Crippen molar-refractivity contribution < 1.29 is 19.0 Å². The fraction of sp³-hybridized carbons (Fsp3) is 0.500. The molecule has 1 rings (SSSR count). The summed E-state index contributed by atoms with van der Waals surface area (Å²) in [6.07, 6.45) is -0.580. The van der Waals surface area contributed by atoms with Crippen LogP contribution in [0.4, 0.5) is 0 Å². The van der Waals surface area contributed by atoms with E-state index in [9.17, 15) is 4.79 Å². The van der Waals surface area contributed by atoms with E-state index in [1.807, 2.05) is 12.1 Å². The first-order valence-corrected chi connectivity index (χ1v) is 6.46. The molecule has 0 amide bonds. The van der Waals surface area contributed by atoms with E-state index >= 15 is 0 Å². The van der Waals surface area contributed by atoms with Crippen LogP contribution in [0.15, 0.2) is 22.8 Å². The lowest BCUT2D eigenvalue weighted by atomic mass is 10.4. The Labute approximate surface area is 115 Å². The highest BCUT2D eigenvalue weighted by Gasteiger charge is 2.13. The van der Waals surface area contributed by atoms with Crippen molar-refractivity contribution in [3.05, 3.63) is 22.8 Å². The highest BCUT2D eigenvalue weighted by atomic mass is 79.9. The minimum atomic E-state index is -0.580. The maximum atomic E-state index is 11.2. The lowest BCUT2D eigenvalue weighted by Crippen LogP contribution is -2.25. The van der Waals surface area contributed by atoms with Gasteiger partial charge in [-0.2, -0.15) is 0 Å². The first-order valence-electron chi connectivity index (χ1n) is 5.67. The molecule has 0 aliphatic carbocycles. The van der Waals surface area contributed by atoms with E-state index in [0.717, 1.165) is 0 Å². The third-order valence-electron chi connectivity index (χ3n) is 2.01. The number of aromatic nitrogens is 1. The van der Waals surface area contributed by atoms with E-state index in [1.54, 1.807) is 19.9 Å². The number of ether oxygens (including phenoxy) is 3. The van der Waals surface area contributed by atoms with Gasteiger partial charge in [0.1, 0.15) is 11.2 Å². The molecule has 0 radical (unpaired) electrons. The summed E-state index contributed by atoms with van der Waals surface area (Å²) < 4.78 is 16.1. The molecule has 1 aromatic rings. The lowest BCUT2D eigenvalue weighted by molar-refractivity contribution is -0.155. The molecule has 0 aliphatic rings. The molecule has 1 heterocycles. The standard InChI is InChI=1S/C12H16BrNO4/c1-3-16-12(15)9(2)17-7-8-18-11-6-4-5-10(13)14-11/h4-6,9H,3,7-8H2,1-2H3. The van der Waals surface area contributed by atoms with Gasteiger partial charge in [0.05, 0.1) is 13.2 Å². The first-order chi connectivity index (χ1) is 8.63. The Morgan fingerprint density at radius 1 is 1.44 bits per heavy atom. The predicted octanol–water partition coefficient (Wildman–Crippen LogP) is 2.19. The van der Waals surface area contributed by atoms with Gasteiger partial charge in [-0.05, 0) is 35.8 Å². The highest BCUT2D eigenvalue weighted by Crippen LogP contribution is 2.11. The Bertz CT molecular complexity index is 386. The van der Waals surface area contributed by atoms with Crippen LogP contribution in [0.3, 0.4) is 0 Å². The monoisotopic (exact) mass is 317 g/mol. The molecule has 0 saturated carbocycles. The van der Waals surface area contributed by atoms with Crippen molar-refractivity contribution >= 4 is 21.9 Å². The van der Waals surface area contributed by atoms with Gasteiger partial charge >= 0.3 is 5.97 Å². The highest BCUT2D eigenvalue weighted by molar-refractivity contribution is 9.10. The van der Waals surface area contributed by atoms with E-state index in [4.69, 9.17) is 14.2 Å². The molecule has 0 aliphatic heterocycles. The van der Waals surface area contributed by atoms with Gasteiger partial charge in [0.15, 0.2) is 6.10 Å². The van der Waals surface area contributed by atoms with Crippen molar-refractivity contribution in [2.45, 2.75) is 20.0 Å². The van der Waals surface area contributed by atoms with Crippen molar-refractivity contribution in [2.24, 2.45) is 0 Å². The molecule has 0 N–H and O–H groups in total. The number of carbonyl (C=O) groups is 1. The number of pyridine rings is 1. The molecule has 5 nitrogen and oxygen atoms in total. The number of halogens is 1. The molecule has 0 aromatic carbocycles. The average Bonchev–Trinajstić information content (AvgIpc) is 2.35. The van der Waals surface area contributed by atoms with Gasteiger partial charge < -0.3 is 14.2 Å². The van der Waals surface area contributed by atoms with E-state index in [0.29, 0.717) is 30.3 Å². The Hall–Kier alpha value is -1.14. The summed E-state index contributed by atoms with van der Waals surface area (Å²) in [5.41, 5.74) is 0. The summed E-state index contributed by atoms with van der Waals surface area (Å²) in [4.78, 5) is 15.3. The summed E-state index contributed by atoms with van der Waals surface area (Å²) in [5, 5.41) is 0. The second kappa shape index (κ2) is 8.05. The molecule has 0 saturated heterocycles. The molecule has 0 bridgehead atoms. The fourth-order valence-corrected chi connectivity index (χ4v) is 1.50. The van der Waals surface area contributed by atoms with Gasteiger partial charge in [-0.25, -0.2) is 9.78 Å². The zero-order valence-electron chi connectivity index (χ0n) is 10.4. The fourth-order valence-electron chi connectivity index (χ4n) is 1.17. The van der Waals surface area contributed by atoms with Gasteiger partial charge in [-0.15, -0.1) is 0 Å². The van der Waals surface area contributed by atoms with Crippen molar-refractivity contribution in [3.63, 3.8) is 0 Å². The Kier molecular flexibility index (Phi) is 6.67. The van der Waals surface area contributed by atoms with E-state index < -0.39 is 6.10 Å². The lowest BCUT2D eigenvalue weighted by Gasteiger charge is -2.12. The molecule has 100 valence electrons. The number of hydrogen-bond acceptors (Lipinski definition) is 5. The maximum absolute atomic E-state index is 11.2. The van der Waals surface area contributed by atoms with Crippen LogP contribution in [0.2, 0.25) is 0 Å². The predicted molar refractivity (Wildman–Crippen MR) is 69.5 cm³/mol. The molecule has 1 atom stereocenters. The number of carbonyl (C=O) groups excluding carboxylic acids is 1. The number of rotatable bonds is 7. The molecule has 0 fully saturated rings. The zero-order valence-corrected chi connectivity index (χ0v) is 12.0. The summed E-state index contributed by atoms with van der Waals surface area (Å²) in [6.45, 7) is 4.38. The molecular formula is C12H16BrNO4. The van der Waals surface area contributed by atoms with Gasteiger partial charge in [0.2, 0.25) is 5.88 Å². The summed E-state index contributed by atoms with van der Waals surface area (Å²) in [7, 11) is 0. The zero-order chi connectivity index (χ0) is 13.4.